The number of nitrogens with zero attached hydrogens (tertiary/aromatic N) is 3. The standard InChI is InChI=1S/C16H24N6O3/c23-15(7-12-1-3-17-4-2-12)22-6-5-21(9-13(10-22)16(24)25)11-14-8-18-20-19-14/h1-4,13-14,18-20H,5-11H2,(H,24,25). The number of carboxylic acids is 1. The number of carboxylic acid groups (broad SMARTS) is 1. The first kappa shape index (κ1) is 17.7. The van der Waals surface area contributed by atoms with E-state index < -0.39 is 11.9 Å². The summed E-state index contributed by atoms with van der Waals surface area (Å²) in [5.41, 5.74) is 9.83. The minimum absolute atomic E-state index is 0.0402. The predicted molar refractivity (Wildman–Crippen MR) is 90.1 cm³/mol. The van der Waals surface area contributed by atoms with Crippen LogP contribution in [-0.4, -0.2) is 77.1 Å². The van der Waals surface area contributed by atoms with Crippen LogP contribution in [0.2, 0.25) is 0 Å². The SMILES string of the molecule is O=C(O)C1CN(CC2CNNN2)CCN(C(=O)Cc2ccncc2)C1. The van der Waals surface area contributed by atoms with Crippen LogP contribution in [0.5, 0.6) is 0 Å². The Morgan fingerprint density at radius 3 is 2.72 bits per heavy atom. The van der Waals surface area contributed by atoms with Gasteiger partial charge in [0.25, 0.3) is 0 Å². The summed E-state index contributed by atoms with van der Waals surface area (Å²) in [5.74, 6) is -1.47. The number of pyridine rings is 1. The van der Waals surface area contributed by atoms with Crippen molar-refractivity contribution < 1.29 is 14.7 Å². The Labute approximate surface area is 146 Å². The molecule has 0 spiro atoms. The van der Waals surface area contributed by atoms with Gasteiger partial charge in [0.05, 0.1) is 12.3 Å². The van der Waals surface area contributed by atoms with Gasteiger partial charge in [0.15, 0.2) is 0 Å². The van der Waals surface area contributed by atoms with Gasteiger partial charge in [0.1, 0.15) is 0 Å². The molecule has 0 saturated carbocycles. The molecule has 1 amide bonds. The lowest BCUT2D eigenvalue weighted by molar-refractivity contribution is -0.143. The summed E-state index contributed by atoms with van der Waals surface area (Å²) in [6, 6.07) is 3.83. The monoisotopic (exact) mass is 348 g/mol. The number of hydrazine groups is 2. The second kappa shape index (κ2) is 8.34. The van der Waals surface area contributed by atoms with Gasteiger partial charge in [-0.2, -0.15) is 5.53 Å². The van der Waals surface area contributed by atoms with Crippen LogP contribution in [0, 0.1) is 5.92 Å². The van der Waals surface area contributed by atoms with Crippen molar-refractivity contribution in [2.24, 2.45) is 5.92 Å². The first-order chi connectivity index (χ1) is 12.1. The lowest BCUT2D eigenvalue weighted by Gasteiger charge is -2.24. The van der Waals surface area contributed by atoms with Crippen LogP contribution in [-0.2, 0) is 16.0 Å². The number of aromatic nitrogens is 1. The maximum atomic E-state index is 12.6. The zero-order valence-electron chi connectivity index (χ0n) is 14.0. The topological polar surface area (TPSA) is 110 Å². The molecule has 0 bridgehead atoms. The third-order valence-electron chi connectivity index (χ3n) is 4.60. The van der Waals surface area contributed by atoms with E-state index in [2.05, 4.69) is 26.3 Å². The van der Waals surface area contributed by atoms with Gasteiger partial charge in [-0.1, -0.05) is 0 Å². The number of amides is 1. The highest BCUT2D eigenvalue weighted by Gasteiger charge is 2.31. The smallest absolute Gasteiger partial charge is 0.309 e. The number of rotatable bonds is 5. The summed E-state index contributed by atoms with van der Waals surface area (Å²) < 4.78 is 0. The number of hydrogen-bond donors (Lipinski definition) is 4. The molecule has 4 N–H and O–H groups in total. The average molecular weight is 348 g/mol. The van der Waals surface area contributed by atoms with Crippen LogP contribution >= 0.6 is 0 Å². The molecule has 0 aliphatic carbocycles. The first-order valence-electron chi connectivity index (χ1n) is 8.47. The minimum Gasteiger partial charge on any atom is -0.481 e. The lowest BCUT2D eigenvalue weighted by Crippen LogP contribution is -2.44. The molecule has 3 rings (SSSR count). The molecule has 2 aliphatic rings. The summed E-state index contributed by atoms with van der Waals surface area (Å²) in [6.07, 6.45) is 3.58. The van der Waals surface area contributed by atoms with Gasteiger partial charge in [-0.3, -0.25) is 19.5 Å². The molecule has 9 heteroatoms. The largest absolute Gasteiger partial charge is 0.481 e. The van der Waals surface area contributed by atoms with Gasteiger partial charge in [0, 0.05) is 57.7 Å². The fourth-order valence-corrected chi connectivity index (χ4v) is 3.22. The molecule has 2 aliphatic heterocycles. The third kappa shape index (κ3) is 4.95. The molecule has 2 atom stereocenters. The van der Waals surface area contributed by atoms with E-state index in [0.717, 1.165) is 18.7 Å². The van der Waals surface area contributed by atoms with Crippen LogP contribution in [0.1, 0.15) is 5.56 Å². The quantitative estimate of drug-likeness (QED) is 0.506. The van der Waals surface area contributed by atoms with E-state index in [0.29, 0.717) is 19.6 Å². The molecule has 9 nitrogen and oxygen atoms in total. The van der Waals surface area contributed by atoms with E-state index in [9.17, 15) is 14.7 Å². The van der Waals surface area contributed by atoms with Crippen molar-refractivity contribution in [3.05, 3.63) is 30.1 Å². The predicted octanol–water partition coefficient (Wildman–Crippen LogP) is -1.55. The molecule has 1 aromatic rings. The van der Waals surface area contributed by atoms with Crippen LogP contribution in [0.15, 0.2) is 24.5 Å². The minimum atomic E-state index is -0.857. The van der Waals surface area contributed by atoms with E-state index in [-0.39, 0.29) is 24.9 Å². The molecule has 136 valence electrons. The molecule has 0 aromatic carbocycles. The molecule has 2 unspecified atom stereocenters. The third-order valence-corrected chi connectivity index (χ3v) is 4.60. The summed E-state index contributed by atoms with van der Waals surface area (Å²) in [5, 5.41) is 9.52. The van der Waals surface area contributed by atoms with E-state index in [1.807, 2.05) is 12.1 Å². The van der Waals surface area contributed by atoms with Gasteiger partial charge < -0.3 is 10.0 Å². The van der Waals surface area contributed by atoms with E-state index in [1.54, 1.807) is 17.3 Å². The lowest BCUT2D eigenvalue weighted by atomic mass is 10.1. The highest BCUT2D eigenvalue weighted by atomic mass is 16.4. The number of nitrogens with one attached hydrogen (secondary N) is 3. The molecule has 2 saturated heterocycles. The number of aliphatic carboxylic acids is 1. The zero-order valence-corrected chi connectivity index (χ0v) is 14.0. The molecule has 3 heterocycles. The fourth-order valence-electron chi connectivity index (χ4n) is 3.22. The van der Waals surface area contributed by atoms with Crippen molar-refractivity contribution in [2.75, 3.05) is 39.3 Å². The molecule has 2 fully saturated rings. The summed E-state index contributed by atoms with van der Waals surface area (Å²) in [6.45, 7) is 3.43. The van der Waals surface area contributed by atoms with E-state index in [1.165, 1.54) is 0 Å². The van der Waals surface area contributed by atoms with Crippen molar-refractivity contribution in [3.63, 3.8) is 0 Å². The van der Waals surface area contributed by atoms with Crippen molar-refractivity contribution in [1.82, 2.24) is 31.2 Å². The van der Waals surface area contributed by atoms with E-state index in [4.69, 9.17) is 0 Å². The number of carbonyl (C=O) groups is 2. The second-order valence-corrected chi connectivity index (χ2v) is 6.51. The zero-order chi connectivity index (χ0) is 17.6. The Morgan fingerprint density at radius 2 is 2.04 bits per heavy atom. The summed E-state index contributed by atoms with van der Waals surface area (Å²) >= 11 is 0. The normalized spacial score (nSPS) is 24.9. The van der Waals surface area contributed by atoms with Crippen molar-refractivity contribution >= 4 is 11.9 Å². The Balaban J connectivity index is 1.62. The highest BCUT2D eigenvalue weighted by molar-refractivity contribution is 5.80. The maximum Gasteiger partial charge on any atom is 0.309 e. The first-order valence-corrected chi connectivity index (χ1v) is 8.47. The van der Waals surface area contributed by atoms with Crippen molar-refractivity contribution in [2.45, 2.75) is 12.5 Å². The summed E-state index contributed by atoms with van der Waals surface area (Å²) in [4.78, 5) is 31.9. The Kier molecular flexibility index (Phi) is 5.92. The average Bonchev–Trinajstić information content (AvgIpc) is 3.01. The molecule has 0 radical (unpaired) electrons. The van der Waals surface area contributed by atoms with Crippen LogP contribution in [0.3, 0.4) is 0 Å². The number of carbonyl (C=O) groups excluding carboxylic acids is 1. The Bertz CT molecular complexity index is 593. The second-order valence-electron chi connectivity index (χ2n) is 6.51. The van der Waals surface area contributed by atoms with Gasteiger partial charge >= 0.3 is 5.97 Å². The summed E-state index contributed by atoms with van der Waals surface area (Å²) in [7, 11) is 0. The highest BCUT2D eigenvalue weighted by Crippen LogP contribution is 2.13. The Hall–Kier alpha value is -2.07. The van der Waals surface area contributed by atoms with Crippen molar-refractivity contribution in [1.29, 1.82) is 0 Å². The molecular weight excluding hydrogens is 324 g/mol. The fraction of sp³-hybridized carbons (Fsp3) is 0.562. The number of hydrogen-bond acceptors (Lipinski definition) is 7. The van der Waals surface area contributed by atoms with Gasteiger partial charge in [-0.05, 0) is 17.7 Å². The molecule has 1 aromatic heterocycles. The van der Waals surface area contributed by atoms with Crippen LogP contribution in [0.4, 0.5) is 0 Å². The van der Waals surface area contributed by atoms with Gasteiger partial charge in [-0.15, -0.1) is 0 Å². The molecule has 25 heavy (non-hydrogen) atoms. The van der Waals surface area contributed by atoms with Gasteiger partial charge in [-0.25, -0.2) is 10.9 Å². The van der Waals surface area contributed by atoms with Crippen LogP contribution in [0.25, 0.3) is 0 Å². The molecular formula is C16H24N6O3. The Morgan fingerprint density at radius 1 is 1.24 bits per heavy atom. The van der Waals surface area contributed by atoms with Crippen molar-refractivity contribution in [3.8, 4) is 0 Å². The van der Waals surface area contributed by atoms with Gasteiger partial charge in [0.2, 0.25) is 5.91 Å². The maximum absolute atomic E-state index is 12.6. The van der Waals surface area contributed by atoms with E-state index >= 15 is 0 Å². The van der Waals surface area contributed by atoms with Crippen LogP contribution < -0.4 is 16.4 Å².